The highest BCUT2D eigenvalue weighted by atomic mass is 35.5. The van der Waals surface area contributed by atoms with Crippen LogP contribution in [-0.4, -0.2) is 42.8 Å². The molecule has 11 heteroatoms. The normalized spacial score (nSPS) is 10.2. The second-order valence-corrected chi connectivity index (χ2v) is 5.95. The molecule has 0 aliphatic heterocycles. The van der Waals surface area contributed by atoms with Crippen molar-refractivity contribution < 1.29 is 33.2 Å². The summed E-state index contributed by atoms with van der Waals surface area (Å²) in [5.74, 6) is -3.13. The molecule has 0 unspecified atom stereocenters. The van der Waals surface area contributed by atoms with Gasteiger partial charge < -0.3 is 14.8 Å². The molecule has 0 fully saturated rings. The third-order valence-electron chi connectivity index (χ3n) is 3.64. The summed E-state index contributed by atoms with van der Waals surface area (Å²) >= 11 is 5.66. The lowest BCUT2D eigenvalue weighted by atomic mass is 10.1. The number of nitrogens with one attached hydrogen (secondary N) is 1. The maximum absolute atomic E-state index is 13.6. The molecule has 29 heavy (non-hydrogen) atoms. The molecule has 2 aromatic rings. The van der Waals surface area contributed by atoms with Crippen LogP contribution in [0.25, 0.3) is 0 Å². The highest BCUT2D eigenvalue weighted by Gasteiger charge is 2.17. The van der Waals surface area contributed by atoms with Gasteiger partial charge in [-0.15, -0.1) is 0 Å². The third-order valence-corrected chi connectivity index (χ3v) is 3.96. The molecule has 0 saturated carbocycles. The van der Waals surface area contributed by atoms with Crippen LogP contribution in [0.1, 0.15) is 20.7 Å². The van der Waals surface area contributed by atoms with E-state index in [4.69, 9.17) is 21.1 Å². The van der Waals surface area contributed by atoms with Crippen LogP contribution >= 0.6 is 11.6 Å². The summed E-state index contributed by atoms with van der Waals surface area (Å²) in [5.41, 5.74) is -0.563. The molecule has 0 aliphatic carbocycles. The van der Waals surface area contributed by atoms with E-state index in [9.17, 15) is 28.9 Å². The van der Waals surface area contributed by atoms with Gasteiger partial charge in [-0.25, -0.2) is 4.39 Å². The van der Waals surface area contributed by atoms with Crippen LogP contribution in [0.15, 0.2) is 36.4 Å². The average molecular weight is 425 g/mol. The van der Waals surface area contributed by atoms with Gasteiger partial charge in [-0.1, -0.05) is 11.6 Å². The average Bonchev–Trinajstić information content (AvgIpc) is 2.70. The van der Waals surface area contributed by atoms with Crippen molar-refractivity contribution in [3.05, 3.63) is 68.5 Å². The number of nitrogens with zero attached hydrogens (tertiary/aromatic N) is 1. The van der Waals surface area contributed by atoms with E-state index in [1.807, 2.05) is 0 Å². The number of nitro groups is 1. The van der Waals surface area contributed by atoms with Gasteiger partial charge in [0.2, 0.25) is 0 Å². The van der Waals surface area contributed by atoms with Gasteiger partial charge in [-0.05, 0) is 30.3 Å². The van der Waals surface area contributed by atoms with E-state index in [-0.39, 0.29) is 21.9 Å². The number of hydrogen-bond acceptors (Lipinski definition) is 7. The minimum Gasteiger partial charge on any atom is -0.494 e. The number of ether oxygens (including phenoxy) is 2. The number of Topliss-reactive ketones (excluding diaryl/α,β-unsaturated/α-hetero) is 1. The lowest BCUT2D eigenvalue weighted by Crippen LogP contribution is -2.31. The van der Waals surface area contributed by atoms with Crippen molar-refractivity contribution in [1.82, 2.24) is 5.32 Å². The van der Waals surface area contributed by atoms with Gasteiger partial charge in [0.25, 0.3) is 11.6 Å². The second-order valence-electron chi connectivity index (χ2n) is 5.54. The molecular formula is C18H14ClFN2O7. The Kier molecular flexibility index (Phi) is 7.21. The Morgan fingerprint density at radius 2 is 1.86 bits per heavy atom. The minimum atomic E-state index is -0.927. The van der Waals surface area contributed by atoms with E-state index in [0.717, 1.165) is 12.1 Å². The fourth-order valence-electron chi connectivity index (χ4n) is 2.17. The Morgan fingerprint density at radius 3 is 2.48 bits per heavy atom. The van der Waals surface area contributed by atoms with Crippen molar-refractivity contribution in [3.8, 4) is 5.75 Å². The molecule has 0 atom stereocenters. The highest BCUT2D eigenvalue weighted by Crippen LogP contribution is 2.25. The third kappa shape index (κ3) is 5.72. The first-order valence-electron chi connectivity index (χ1n) is 7.97. The largest absolute Gasteiger partial charge is 0.494 e. The van der Waals surface area contributed by atoms with Gasteiger partial charge in [-0.2, -0.15) is 0 Å². The number of nitro benzene ring substituents is 1. The quantitative estimate of drug-likeness (QED) is 0.299. The number of halogens is 2. The van der Waals surface area contributed by atoms with E-state index in [2.05, 4.69) is 5.32 Å². The number of carbonyl (C=O) groups excluding carboxylic acids is 3. The van der Waals surface area contributed by atoms with Crippen LogP contribution in [-0.2, 0) is 9.53 Å². The fraction of sp³-hybridized carbons (Fsp3) is 0.167. The van der Waals surface area contributed by atoms with E-state index >= 15 is 0 Å². The summed E-state index contributed by atoms with van der Waals surface area (Å²) in [6.07, 6.45) is 0. The Balaban J connectivity index is 1.87. The van der Waals surface area contributed by atoms with Gasteiger partial charge in [0.05, 0.1) is 12.0 Å². The summed E-state index contributed by atoms with van der Waals surface area (Å²) in [5, 5.41) is 12.9. The molecule has 2 rings (SSSR count). The van der Waals surface area contributed by atoms with Gasteiger partial charge >= 0.3 is 5.97 Å². The Hall–Kier alpha value is -3.53. The van der Waals surface area contributed by atoms with E-state index in [1.54, 1.807) is 0 Å². The summed E-state index contributed by atoms with van der Waals surface area (Å²) in [7, 11) is 1.28. The molecular weight excluding hydrogens is 411 g/mol. The zero-order valence-electron chi connectivity index (χ0n) is 14.9. The van der Waals surface area contributed by atoms with Gasteiger partial charge in [0.1, 0.15) is 11.6 Å². The van der Waals surface area contributed by atoms with E-state index < -0.39 is 47.2 Å². The van der Waals surface area contributed by atoms with Crippen molar-refractivity contribution >= 4 is 34.9 Å². The van der Waals surface area contributed by atoms with Gasteiger partial charge in [-0.3, -0.25) is 24.5 Å². The number of rotatable bonds is 8. The van der Waals surface area contributed by atoms with Gasteiger partial charge in [0, 0.05) is 17.2 Å². The molecule has 0 aliphatic rings. The van der Waals surface area contributed by atoms with Crippen LogP contribution in [0.5, 0.6) is 5.75 Å². The van der Waals surface area contributed by atoms with E-state index in [1.165, 1.54) is 31.4 Å². The zero-order chi connectivity index (χ0) is 21.6. The molecule has 9 nitrogen and oxygen atoms in total. The van der Waals surface area contributed by atoms with Crippen molar-refractivity contribution in [2.75, 3.05) is 20.3 Å². The van der Waals surface area contributed by atoms with E-state index in [0.29, 0.717) is 0 Å². The van der Waals surface area contributed by atoms with Crippen molar-refractivity contribution in [2.45, 2.75) is 0 Å². The molecule has 0 bridgehead atoms. The molecule has 0 spiro atoms. The molecule has 0 radical (unpaired) electrons. The summed E-state index contributed by atoms with van der Waals surface area (Å²) < 4.78 is 23.1. The molecule has 152 valence electrons. The first kappa shape index (κ1) is 21.8. The fourth-order valence-corrected chi connectivity index (χ4v) is 2.36. The first-order chi connectivity index (χ1) is 13.7. The number of benzene rings is 2. The van der Waals surface area contributed by atoms with Crippen molar-refractivity contribution in [2.24, 2.45) is 0 Å². The number of methoxy groups -OCH3 is 1. The standard InChI is InChI=1S/C18H14ClFN2O7/c1-28-16-5-3-10(6-13(16)20)15(23)9-29-17(24)8-21-18(25)11-2-4-12(19)14(7-11)22(26)27/h2-7H,8-9H2,1H3,(H,21,25). The number of carbonyl (C=O) groups is 3. The lowest BCUT2D eigenvalue weighted by Gasteiger charge is -2.07. The Bertz CT molecular complexity index is 981. The molecule has 0 saturated heterocycles. The highest BCUT2D eigenvalue weighted by molar-refractivity contribution is 6.32. The molecule has 0 heterocycles. The van der Waals surface area contributed by atoms with Crippen LogP contribution in [0.2, 0.25) is 5.02 Å². The summed E-state index contributed by atoms with van der Waals surface area (Å²) in [4.78, 5) is 45.7. The topological polar surface area (TPSA) is 125 Å². The summed E-state index contributed by atoms with van der Waals surface area (Å²) in [6, 6.07) is 6.91. The van der Waals surface area contributed by atoms with Crippen molar-refractivity contribution in [3.63, 3.8) is 0 Å². The van der Waals surface area contributed by atoms with Crippen LogP contribution in [0.3, 0.4) is 0 Å². The van der Waals surface area contributed by atoms with Crippen LogP contribution in [0.4, 0.5) is 10.1 Å². The number of hydrogen-bond donors (Lipinski definition) is 1. The van der Waals surface area contributed by atoms with Crippen LogP contribution < -0.4 is 10.1 Å². The van der Waals surface area contributed by atoms with Crippen LogP contribution in [0, 0.1) is 15.9 Å². The second kappa shape index (κ2) is 9.60. The predicted molar refractivity (Wildman–Crippen MR) is 98.7 cm³/mol. The minimum absolute atomic E-state index is 0.0198. The molecule has 1 N–H and O–H groups in total. The molecule has 2 aromatic carbocycles. The van der Waals surface area contributed by atoms with Gasteiger partial charge in [0.15, 0.2) is 24.0 Å². The zero-order valence-corrected chi connectivity index (χ0v) is 15.7. The maximum atomic E-state index is 13.6. The molecule has 1 amide bonds. The van der Waals surface area contributed by atoms with Crippen molar-refractivity contribution in [1.29, 1.82) is 0 Å². The maximum Gasteiger partial charge on any atom is 0.325 e. The molecule has 0 aromatic heterocycles. The smallest absolute Gasteiger partial charge is 0.325 e. The Labute approximate surface area is 168 Å². The predicted octanol–water partition coefficient (Wildman–Crippen LogP) is 2.55. The summed E-state index contributed by atoms with van der Waals surface area (Å²) in [6.45, 7) is -1.24. The first-order valence-corrected chi connectivity index (χ1v) is 8.35. The lowest BCUT2D eigenvalue weighted by molar-refractivity contribution is -0.384. The monoisotopic (exact) mass is 424 g/mol. The number of ketones is 1. The number of esters is 1. The number of amides is 1. The SMILES string of the molecule is COc1ccc(C(=O)COC(=O)CNC(=O)c2ccc(Cl)c([N+](=O)[O-])c2)cc1F. The Morgan fingerprint density at radius 1 is 1.17 bits per heavy atom.